The summed E-state index contributed by atoms with van der Waals surface area (Å²) in [5.41, 5.74) is 0.107. The summed E-state index contributed by atoms with van der Waals surface area (Å²) >= 11 is 0. The number of carbonyl (C=O) groups is 1. The second-order valence-corrected chi connectivity index (χ2v) is 6.66. The van der Waals surface area contributed by atoms with Crippen LogP contribution in [-0.2, 0) is 14.3 Å². The van der Waals surface area contributed by atoms with Crippen LogP contribution in [0.3, 0.4) is 0 Å². The fourth-order valence-electron chi connectivity index (χ4n) is 3.70. The minimum atomic E-state index is -0.0315. The van der Waals surface area contributed by atoms with Crippen molar-refractivity contribution >= 4 is 5.91 Å². The summed E-state index contributed by atoms with van der Waals surface area (Å²) in [7, 11) is 1.55. The van der Waals surface area contributed by atoms with Crippen LogP contribution < -0.4 is 5.32 Å². The average molecular weight is 298 g/mol. The van der Waals surface area contributed by atoms with Gasteiger partial charge in [0, 0.05) is 44.6 Å². The summed E-state index contributed by atoms with van der Waals surface area (Å²) in [6.45, 7) is 10.3. The van der Waals surface area contributed by atoms with Gasteiger partial charge >= 0.3 is 0 Å². The van der Waals surface area contributed by atoms with Gasteiger partial charge < -0.3 is 19.7 Å². The van der Waals surface area contributed by atoms with Crippen molar-refractivity contribution in [2.75, 3.05) is 53.1 Å². The summed E-state index contributed by atoms with van der Waals surface area (Å²) in [6.07, 6.45) is 2.48. The van der Waals surface area contributed by atoms with Crippen molar-refractivity contribution in [1.29, 1.82) is 0 Å². The van der Waals surface area contributed by atoms with Crippen LogP contribution in [0.2, 0.25) is 0 Å². The van der Waals surface area contributed by atoms with Crippen LogP contribution >= 0.6 is 0 Å². The SMILES string of the molecule is CCC(CC)CN1C[C@@H]2COC[C@]2(CNC(=O)COC)C1. The fourth-order valence-corrected chi connectivity index (χ4v) is 3.70. The number of hydrogen-bond donors (Lipinski definition) is 1. The van der Waals surface area contributed by atoms with Crippen LogP contribution in [0.1, 0.15) is 26.7 Å². The van der Waals surface area contributed by atoms with E-state index in [0.29, 0.717) is 12.5 Å². The molecular formula is C16H30N2O3. The van der Waals surface area contributed by atoms with Crippen molar-refractivity contribution in [2.24, 2.45) is 17.3 Å². The highest BCUT2D eigenvalue weighted by Crippen LogP contribution is 2.41. The number of hydrogen-bond acceptors (Lipinski definition) is 4. The molecule has 21 heavy (non-hydrogen) atoms. The second-order valence-electron chi connectivity index (χ2n) is 6.66. The van der Waals surface area contributed by atoms with Crippen molar-refractivity contribution in [3.05, 3.63) is 0 Å². The summed E-state index contributed by atoms with van der Waals surface area (Å²) in [5, 5.41) is 3.02. The van der Waals surface area contributed by atoms with Gasteiger partial charge in [-0.25, -0.2) is 0 Å². The Hall–Kier alpha value is -0.650. The predicted molar refractivity (Wildman–Crippen MR) is 82.1 cm³/mol. The first-order valence-electron chi connectivity index (χ1n) is 8.19. The van der Waals surface area contributed by atoms with Crippen LogP contribution in [0.15, 0.2) is 0 Å². The summed E-state index contributed by atoms with van der Waals surface area (Å²) in [4.78, 5) is 14.2. The van der Waals surface area contributed by atoms with E-state index < -0.39 is 0 Å². The van der Waals surface area contributed by atoms with Crippen molar-refractivity contribution < 1.29 is 14.3 Å². The third kappa shape index (κ3) is 3.96. The maximum atomic E-state index is 11.6. The summed E-state index contributed by atoms with van der Waals surface area (Å²) in [6, 6.07) is 0. The highest BCUT2D eigenvalue weighted by molar-refractivity contribution is 5.77. The van der Waals surface area contributed by atoms with E-state index in [1.807, 2.05) is 0 Å². The predicted octanol–water partition coefficient (Wildman–Crippen LogP) is 1.13. The van der Waals surface area contributed by atoms with E-state index in [-0.39, 0.29) is 17.9 Å². The van der Waals surface area contributed by atoms with Gasteiger partial charge in [-0.1, -0.05) is 26.7 Å². The monoisotopic (exact) mass is 298 g/mol. The van der Waals surface area contributed by atoms with Gasteiger partial charge in [0.25, 0.3) is 0 Å². The lowest BCUT2D eigenvalue weighted by Gasteiger charge is -2.28. The zero-order chi connectivity index (χ0) is 15.3. The largest absolute Gasteiger partial charge is 0.380 e. The van der Waals surface area contributed by atoms with E-state index in [1.54, 1.807) is 7.11 Å². The van der Waals surface area contributed by atoms with E-state index in [0.717, 1.165) is 32.2 Å². The number of carbonyl (C=O) groups excluding carboxylic acids is 1. The molecule has 2 aliphatic rings. The van der Waals surface area contributed by atoms with Gasteiger partial charge in [-0.2, -0.15) is 0 Å². The van der Waals surface area contributed by atoms with E-state index in [2.05, 4.69) is 24.1 Å². The van der Waals surface area contributed by atoms with Gasteiger partial charge in [0.2, 0.25) is 5.91 Å². The topological polar surface area (TPSA) is 50.8 Å². The Labute approximate surface area is 128 Å². The van der Waals surface area contributed by atoms with Crippen LogP contribution in [0.4, 0.5) is 0 Å². The molecular weight excluding hydrogens is 268 g/mol. The molecule has 0 bridgehead atoms. The molecule has 1 N–H and O–H groups in total. The molecule has 2 rings (SSSR count). The molecule has 2 saturated heterocycles. The van der Waals surface area contributed by atoms with Crippen molar-refractivity contribution in [3.63, 3.8) is 0 Å². The Morgan fingerprint density at radius 1 is 1.48 bits per heavy atom. The molecule has 0 saturated carbocycles. The Kier molecular flexibility index (Phi) is 6.02. The van der Waals surface area contributed by atoms with Gasteiger partial charge in [-0.15, -0.1) is 0 Å². The number of nitrogens with zero attached hydrogens (tertiary/aromatic N) is 1. The number of ether oxygens (including phenoxy) is 2. The summed E-state index contributed by atoms with van der Waals surface area (Å²) < 4.78 is 10.6. The number of methoxy groups -OCH3 is 1. The van der Waals surface area contributed by atoms with Crippen molar-refractivity contribution in [3.8, 4) is 0 Å². The maximum Gasteiger partial charge on any atom is 0.246 e. The van der Waals surface area contributed by atoms with E-state index in [1.165, 1.54) is 19.4 Å². The number of nitrogens with one attached hydrogen (secondary N) is 1. The molecule has 2 fully saturated rings. The van der Waals surface area contributed by atoms with Crippen molar-refractivity contribution in [2.45, 2.75) is 26.7 Å². The molecule has 0 aromatic rings. The molecule has 0 radical (unpaired) electrons. The first-order chi connectivity index (χ1) is 10.1. The zero-order valence-electron chi connectivity index (χ0n) is 13.7. The molecule has 0 aromatic carbocycles. The minimum absolute atomic E-state index is 0.0315. The molecule has 0 unspecified atom stereocenters. The second kappa shape index (κ2) is 7.56. The van der Waals surface area contributed by atoms with Crippen LogP contribution in [-0.4, -0.2) is 63.9 Å². The average Bonchev–Trinajstić information content (AvgIpc) is 2.99. The molecule has 0 spiro atoms. The molecule has 2 heterocycles. The number of likely N-dealkylation sites (tertiary alicyclic amines) is 1. The first kappa shape index (κ1) is 16.7. The molecule has 2 atom stereocenters. The van der Waals surface area contributed by atoms with Crippen LogP contribution in [0.25, 0.3) is 0 Å². The van der Waals surface area contributed by atoms with Crippen molar-refractivity contribution in [1.82, 2.24) is 10.2 Å². The molecule has 5 nitrogen and oxygen atoms in total. The molecule has 122 valence electrons. The van der Waals surface area contributed by atoms with Gasteiger partial charge in [0.15, 0.2) is 0 Å². The number of amides is 1. The minimum Gasteiger partial charge on any atom is -0.380 e. The normalized spacial score (nSPS) is 29.0. The number of rotatable bonds is 8. The number of fused-ring (bicyclic) bond motifs is 1. The Bertz CT molecular complexity index is 346. The van der Waals surface area contributed by atoms with Gasteiger partial charge in [-0.3, -0.25) is 4.79 Å². The smallest absolute Gasteiger partial charge is 0.246 e. The standard InChI is InChI=1S/C16H30N2O3/c1-4-13(5-2)6-18-7-14-8-21-12-16(14,11-18)10-17-15(19)9-20-3/h13-14H,4-12H2,1-3H3,(H,17,19)/t14-,16+/m1/s1. The molecule has 5 heteroatoms. The van der Waals surface area contributed by atoms with Crippen LogP contribution in [0.5, 0.6) is 0 Å². The van der Waals surface area contributed by atoms with E-state index >= 15 is 0 Å². The zero-order valence-corrected chi connectivity index (χ0v) is 13.7. The van der Waals surface area contributed by atoms with Gasteiger partial charge in [0.05, 0.1) is 13.2 Å². The summed E-state index contributed by atoms with van der Waals surface area (Å²) in [5.74, 6) is 1.30. The third-order valence-electron chi connectivity index (χ3n) is 5.18. The Balaban J connectivity index is 1.89. The quantitative estimate of drug-likeness (QED) is 0.730. The third-order valence-corrected chi connectivity index (χ3v) is 5.18. The lowest BCUT2D eigenvalue weighted by Crippen LogP contribution is -2.44. The van der Waals surface area contributed by atoms with Crippen LogP contribution in [0, 0.1) is 17.3 Å². The molecule has 2 aliphatic heterocycles. The lowest BCUT2D eigenvalue weighted by molar-refractivity contribution is -0.125. The molecule has 1 amide bonds. The highest BCUT2D eigenvalue weighted by atomic mass is 16.5. The van der Waals surface area contributed by atoms with Gasteiger partial charge in [0.1, 0.15) is 6.61 Å². The Morgan fingerprint density at radius 3 is 2.90 bits per heavy atom. The fraction of sp³-hybridized carbons (Fsp3) is 0.938. The highest BCUT2D eigenvalue weighted by Gasteiger charge is 2.50. The molecule has 0 aliphatic carbocycles. The Morgan fingerprint density at radius 2 is 2.24 bits per heavy atom. The maximum absolute atomic E-state index is 11.6. The lowest BCUT2D eigenvalue weighted by atomic mass is 9.81. The van der Waals surface area contributed by atoms with Gasteiger partial charge in [-0.05, 0) is 5.92 Å². The van der Waals surface area contributed by atoms with E-state index in [4.69, 9.17) is 9.47 Å². The first-order valence-corrected chi connectivity index (χ1v) is 8.19. The molecule has 0 aromatic heterocycles. The van der Waals surface area contributed by atoms with E-state index in [9.17, 15) is 4.79 Å².